The van der Waals surface area contributed by atoms with E-state index >= 15 is 0 Å². The van der Waals surface area contributed by atoms with E-state index in [9.17, 15) is 13.6 Å². The molecule has 1 N–H and O–H groups in total. The molecule has 0 saturated carbocycles. The van der Waals surface area contributed by atoms with Crippen LogP contribution < -0.4 is 5.32 Å². The molecule has 1 aliphatic rings. The summed E-state index contributed by atoms with van der Waals surface area (Å²) in [6, 6.07) is 13.0. The predicted octanol–water partition coefficient (Wildman–Crippen LogP) is 3.78. The molecule has 0 aromatic heterocycles. The molecule has 0 aliphatic carbocycles. The van der Waals surface area contributed by atoms with Crippen molar-refractivity contribution in [1.82, 2.24) is 4.90 Å². The lowest BCUT2D eigenvalue weighted by Crippen LogP contribution is -2.40. The first-order valence-electron chi connectivity index (χ1n) is 8.09. The van der Waals surface area contributed by atoms with Crippen molar-refractivity contribution in [2.75, 3.05) is 18.4 Å². The van der Waals surface area contributed by atoms with E-state index in [1.807, 2.05) is 25.1 Å². The summed E-state index contributed by atoms with van der Waals surface area (Å²) in [4.78, 5) is 14.5. The molecule has 2 aromatic rings. The van der Waals surface area contributed by atoms with Crippen molar-refractivity contribution in [3.8, 4) is 0 Å². The molecular formula is C19H20F2N2O. The Morgan fingerprint density at radius 3 is 2.67 bits per heavy atom. The molecule has 2 atom stereocenters. The van der Waals surface area contributed by atoms with E-state index in [2.05, 4.69) is 22.3 Å². The number of carbonyl (C=O) groups excluding carboxylic acids is 1. The maximum Gasteiger partial charge on any atom is 0.241 e. The Balaban J connectivity index is 1.62. The Bertz CT molecular complexity index is 721. The van der Waals surface area contributed by atoms with Crippen molar-refractivity contribution in [1.29, 1.82) is 0 Å². The Labute approximate surface area is 140 Å². The molecule has 1 amide bonds. The van der Waals surface area contributed by atoms with Gasteiger partial charge in [-0.1, -0.05) is 30.3 Å². The summed E-state index contributed by atoms with van der Waals surface area (Å²) in [7, 11) is 0. The van der Waals surface area contributed by atoms with Gasteiger partial charge in [0, 0.05) is 12.6 Å². The summed E-state index contributed by atoms with van der Waals surface area (Å²) in [6.07, 6.45) is 0.993. The maximum atomic E-state index is 13.7. The Hall–Kier alpha value is -2.27. The van der Waals surface area contributed by atoms with Crippen LogP contribution in [0.25, 0.3) is 0 Å². The van der Waals surface area contributed by atoms with Crippen LogP contribution in [0.4, 0.5) is 14.5 Å². The molecule has 24 heavy (non-hydrogen) atoms. The van der Waals surface area contributed by atoms with Gasteiger partial charge in [0.05, 0.1) is 11.7 Å². The molecule has 1 aliphatic heterocycles. The van der Waals surface area contributed by atoms with Crippen LogP contribution in [0.2, 0.25) is 0 Å². The Kier molecular flexibility index (Phi) is 4.90. The third-order valence-electron chi connectivity index (χ3n) is 4.61. The molecule has 3 rings (SSSR count). The van der Waals surface area contributed by atoms with Crippen LogP contribution in [-0.2, 0) is 4.79 Å². The summed E-state index contributed by atoms with van der Waals surface area (Å²) < 4.78 is 26.6. The fourth-order valence-corrected chi connectivity index (χ4v) is 3.13. The highest BCUT2D eigenvalue weighted by Crippen LogP contribution is 2.28. The zero-order valence-corrected chi connectivity index (χ0v) is 13.5. The number of nitrogens with one attached hydrogen (secondary N) is 1. The molecule has 5 heteroatoms. The van der Waals surface area contributed by atoms with E-state index in [0.29, 0.717) is 5.92 Å². The van der Waals surface area contributed by atoms with Gasteiger partial charge < -0.3 is 5.32 Å². The fraction of sp³-hybridized carbons (Fsp3) is 0.316. The van der Waals surface area contributed by atoms with Crippen LogP contribution in [0.3, 0.4) is 0 Å². The number of nitrogens with zero attached hydrogens (tertiary/aromatic N) is 1. The number of benzene rings is 2. The molecule has 0 spiro atoms. The number of amides is 1. The van der Waals surface area contributed by atoms with Crippen molar-refractivity contribution >= 4 is 11.6 Å². The number of rotatable bonds is 4. The second-order valence-corrected chi connectivity index (χ2v) is 6.18. The largest absolute Gasteiger partial charge is 0.322 e. The number of halogens is 2. The van der Waals surface area contributed by atoms with Crippen molar-refractivity contribution in [3.05, 3.63) is 65.7 Å². The van der Waals surface area contributed by atoms with Gasteiger partial charge >= 0.3 is 0 Å². The maximum absolute atomic E-state index is 13.7. The Morgan fingerprint density at radius 1 is 1.21 bits per heavy atom. The van der Waals surface area contributed by atoms with E-state index in [1.165, 1.54) is 11.6 Å². The van der Waals surface area contributed by atoms with Crippen molar-refractivity contribution in [3.63, 3.8) is 0 Å². The quantitative estimate of drug-likeness (QED) is 0.925. The zero-order valence-electron chi connectivity index (χ0n) is 13.5. The molecule has 0 unspecified atom stereocenters. The second-order valence-electron chi connectivity index (χ2n) is 6.18. The van der Waals surface area contributed by atoms with Crippen LogP contribution in [-0.4, -0.2) is 29.9 Å². The van der Waals surface area contributed by atoms with Gasteiger partial charge in [0.1, 0.15) is 11.6 Å². The highest BCUT2D eigenvalue weighted by Gasteiger charge is 2.30. The molecule has 126 valence electrons. The van der Waals surface area contributed by atoms with E-state index in [0.717, 1.165) is 31.6 Å². The van der Waals surface area contributed by atoms with Gasteiger partial charge in [-0.05, 0) is 43.5 Å². The van der Waals surface area contributed by atoms with Crippen LogP contribution in [0, 0.1) is 11.6 Å². The van der Waals surface area contributed by atoms with Crippen LogP contribution in [0.5, 0.6) is 0 Å². The number of hydrogen-bond acceptors (Lipinski definition) is 2. The molecule has 1 fully saturated rings. The molecular weight excluding hydrogens is 310 g/mol. The highest BCUT2D eigenvalue weighted by molar-refractivity contribution is 5.94. The normalized spacial score (nSPS) is 19.2. The highest BCUT2D eigenvalue weighted by atomic mass is 19.1. The van der Waals surface area contributed by atoms with E-state index in [4.69, 9.17) is 0 Å². The summed E-state index contributed by atoms with van der Waals surface area (Å²) in [5.41, 5.74) is 1.28. The molecule has 0 radical (unpaired) electrons. The minimum Gasteiger partial charge on any atom is -0.322 e. The molecule has 3 nitrogen and oxygen atoms in total. The first-order valence-corrected chi connectivity index (χ1v) is 8.09. The molecule has 2 aromatic carbocycles. The number of anilines is 1. The zero-order chi connectivity index (χ0) is 17.1. The van der Waals surface area contributed by atoms with Crippen LogP contribution in [0.15, 0.2) is 48.5 Å². The lowest BCUT2D eigenvalue weighted by molar-refractivity contribution is -0.120. The molecule has 1 heterocycles. The summed E-state index contributed by atoms with van der Waals surface area (Å²) in [6.45, 7) is 3.43. The van der Waals surface area contributed by atoms with Crippen molar-refractivity contribution in [2.45, 2.75) is 25.3 Å². The summed E-state index contributed by atoms with van der Waals surface area (Å²) in [5.74, 6) is -1.30. The molecule has 1 saturated heterocycles. The van der Waals surface area contributed by atoms with Gasteiger partial charge in [-0.2, -0.15) is 0 Å². The fourth-order valence-electron chi connectivity index (χ4n) is 3.13. The third kappa shape index (κ3) is 3.62. The van der Waals surface area contributed by atoms with Crippen LogP contribution >= 0.6 is 0 Å². The van der Waals surface area contributed by atoms with E-state index in [1.54, 1.807) is 0 Å². The SMILES string of the molecule is C[C@H](C(=O)Nc1ccc(F)cc1F)N1CC[C@@H](c2ccccc2)C1. The molecule has 0 bridgehead atoms. The lowest BCUT2D eigenvalue weighted by atomic mass is 9.99. The summed E-state index contributed by atoms with van der Waals surface area (Å²) >= 11 is 0. The third-order valence-corrected chi connectivity index (χ3v) is 4.61. The van der Waals surface area contributed by atoms with Crippen molar-refractivity contribution in [2.24, 2.45) is 0 Å². The average Bonchev–Trinajstić information content (AvgIpc) is 3.07. The topological polar surface area (TPSA) is 32.3 Å². The van der Waals surface area contributed by atoms with Gasteiger partial charge in [0.25, 0.3) is 0 Å². The first kappa shape index (κ1) is 16.6. The Morgan fingerprint density at radius 2 is 1.96 bits per heavy atom. The number of carbonyl (C=O) groups is 1. The van der Waals surface area contributed by atoms with Gasteiger partial charge in [-0.15, -0.1) is 0 Å². The van der Waals surface area contributed by atoms with Gasteiger partial charge in [-0.25, -0.2) is 8.78 Å². The van der Waals surface area contributed by atoms with Crippen LogP contribution in [0.1, 0.15) is 24.8 Å². The number of hydrogen-bond donors (Lipinski definition) is 1. The minimum absolute atomic E-state index is 0.00653. The second kappa shape index (κ2) is 7.09. The standard InChI is InChI=1S/C19H20F2N2O/c1-13(19(24)22-18-8-7-16(20)11-17(18)21)23-10-9-15(12-23)14-5-3-2-4-6-14/h2-8,11,13,15H,9-10,12H2,1H3,(H,22,24)/t13-,15-/m1/s1. The number of likely N-dealkylation sites (tertiary alicyclic amines) is 1. The van der Waals surface area contributed by atoms with Gasteiger partial charge in [-0.3, -0.25) is 9.69 Å². The van der Waals surface area contributed by atoms with Crippen molar-refractivity contribution < 1.29 is 13.6 Å². The van der Waals surface area contributed by atoms with E-state index < -0.39 is 11.6 Å². The minimum atomic E-state index is -0.765. The smallest absolute Gasteiger partial charge is 0.241 e. The predicted molar refractivity (Wildman–Crippen MR) is 89.8 cm³/mol. The van der Waals surface area contributed by atoms with E-state index in [-0.39, 0.29) is 17.6 Å². The average molecular weight is 330 g/mol. The lowest BCUT2D eigenvalue weighted by Gasteiger charge is -2.23. The monoisotopic (exact) mass is 330 g/mol. The first-order chi connectivity index (χ1) is 11.5. The van der Waals surface area contributed by atoms with Gasteiger partial charge in [0.15, 0.2) is 0 Å². The summed E-state index contributed by atoms with van der Waals surface area (Å²) in [5, 5.41) is 2.55. The van der Waals surface area contributed by atoms with Gasteiger partial charge in [0.2, 0.25) is 5.91 Å².